The normalized spacial score (nSPS) is 11.1. The van der Waals surface area contributed by atoms with Gasteiger partial charge in [0.15, 0.2) is 9.84 Å². The Hall–Kier alpha value is -1.82. The van der Waals surface area contributed by atoms with Crippen LogP contribution in [0.5, 0.6) is 5.75 Å². The van der Waals surface area contributed by atoms with Crippen LogP contribution in [0.1, 0.15) is 19.8 Å². The molecule has 0 fully saturated rings. The molecule has 0 heterocycles. The van der Waals surface area contributed by atoms with Gasteiger partial charge in [0, 0.05) is 5.57 Å². The third kappa shape index (κ3) is 5.05. The minimum absolute atomic E-state index is 0.0238. The highest BCUT2D eigenvalue weighted by molar-refractivity contribution is 7.91. The van der Waals surface area contributed by atoms with E-state index in [2.05, 4.69) is 6.58 Å². The Kier molecular flexibility index (Phi) is 5.76. The molecule has 1 rings (SSSR count). The molecule has 0 radical (unpaired) electrons. The van der Waals surface area contributed by atoms with Gasteiger partial charge in [-0.2, -0.15) is 0 Å². The summed E-state index contributed by atoms with van der Waals surface area (Å²) in [6.45, 7) is 5.18. The lowest BCUT2D eigenvalue weighted by molar-refractivity contribution is -0.139. The number of hydrogen-bond donors (Lipinski definition) is 1. The summed E-state index contributed by atoms with van der Waals surface area (Å²) in [5.74, 6) is -0.468. The Morgan fingerprint density at radius 3 is 2.40 bits per heavy atom. The van der Waals surface area contributed by atoms with Crippen LogP contribution in [-0.4, -0.2) is 31.9 Å². The van der Waals surface area contributed by atoms with Gasteiger partial charge in [-0.1, -0.05) is 6.58 Å². The molecule has 0 unspecified atom stereocenters. The van der Waals surface area contributed by atoms with Crippen LogP contribution in [0, 0.1) is 0 Å². The van der Waals surface area contributed by atoms with Crippen LogP contribution >= 0.6 is 0 Å². The molecule has 0 aliphatic rings. The molecule has 0 bridgehead atoms. The number of unbranched alkanes of at least 4 members (excludes halogenated alkanes) is 1. The van der Waals surface area contributed by atoms with Crippen LogP contribution in [0.4, 0.5) is 0 Å². The van der Waals surface area contributed by atoms with E-state index >= 15 is 0 Å². The number of phenolic OH excluding ortho intramolecular Hbond substituents is 1. The maximum atomic E-state index is 11.9. The quantitative estimate of drug-likeness (QED) is 0.473. The molecule has 0 aromatic heterocycles. The van der Waals surface area contributed by atoms with Crippen LogP contribution in [0.15, 0.2) is 41.3 Å². The van der Waals surface area contributed by atoms with Crippen molar-refractivity contribution in [3.8, 4) is 5.75 Å². The zero-order valence-corrected chi connectivity index (χ0v) is 12.1. The minimum Gasteiger partial charge on any atom is -0.508 e. The second kappa shape index (κ2) is 7.09. The van der Waals surface area contributed by atoms with E-state index in [1.54, 1.807) is 6.92 Å². The molecule has 0 amide bonds. The Balaban J connectivity index is 2.39. The summed E-state index contributed by atoms with van der Waals surface area (Å²) in [5, 5.41) is 9.11. The lowest BCUT2D eigenvalue weighted by Crippen LogP contribution is -2.10. The highest BCUT2D eigenvalue weighted by Gasteiger charge is 2.14. The van der Waals surface area contributed by atoms with E-state index in [9.17, 15) is 13.2 Å². The van der Waals surface area contributed by atoms with Gasteiger partial charge in [-0.3, -0.25) is 0 Å². The fraction of sp³-hybridized carbons (Fsp3) is 0.357. The summed E-state index contributed by atoms with van der Waals surface area (Å²) in [6.07, 6.45) is 0.864. The molecule has 0 aliphatic carbocycles. The van der Waals surface area contributed by atoms with Crippen LogP contribution in [0.2, 0.25) is 0 Å². The Labute approximate surface area is 118 Å². The first-order valence-electron chi connectivity index (χ1n) is 6.17. The summed E-state index contributed by atoms with van der Waals surface area (Å²) >= 11 is 0. The number of carbonyl (C=O) groups excluding carboxylic acids is 1. The Bertz CT molecular complexity index is 572. The van der Waals surface area contributed by atoms with E-state index < -0.39 is 15.8 Å². The first kappa shape index (κ1) is 16.2. The van der Waals surface area contributed by atoms with Gasteiger partial charge >= 0.3 is 5.97 Å². The van der Waals surface area contributed by atoms with Crippen LogP contribution < -0.4 is 0 Å². The third-order valence-electron chi connectivity index (χ3n) is 2.58. The first-order chi connectivity index (χ1) is 9.33. The van der Waals surface area contributed by atoms with Gasteiger partial charge in [-0.25, -0.2) is 13.2 Å². The van der Waals surface area contributed by atoms with Crippen molar-refractivity contribution in [2.24, 2.45) is 0 Å². The van der Waals surface area contributed by atoms with Crippen molar-refractivity contribution in [2.75, 3.05) is 12.4 Å². The summed E-state index contributed by atoms with van der Waals surface area (Å²) in [5.41, 5.74) is 0.321. The second-order valence-corrected chi connectivity index (χ2v) is 6.55. The average Bonchev–Trinajstić information content (AvgIpc) is 2.38. The molecular weight excluding hydrogens is 280 g/mol. The van der Waals surface area contributed by atoms with Crippen molar-refractivity contribution in [3.63, 3.8) is 0 Å². The fourth-order valence-corrected chi connectivity index (χ4v) is 2.82. The topological polar surface area (TPSA) is 80.7 Å². The number of benzene rings is 1. The van der Waals surface area contributed by atoms with Gasteiger partial charge in [-0.15, -0.1) is 0 Å². The lowest BCUT2D eigenvalue weighted by Gasteiger charge is -2.06. The second-order valence-electron chi connectivity index (χ2n) is 4.44. The van der Waals surface area contributed by atoms with Crippen molar-refractivity contribution in [1.29, 1.82) is 0 Å². The van der Waals surface area contributed by atoms with E-state index in [1.165, 1.54) is 24.3 Å². The predicted octanol–water partition coefficient (Wildman–Crippen LogP) is 2.07. The average molecular weight is 298 g/mol. The van der Waals surface area contributed by atoms with Gasteiger partial charge in [0.2, 0.25) is 0 Å². The molecule has 0 saturated carbocycles. The van der Waals surface area contributed by atoms with Crippen molar-refractivity contribution >= 4 is 15.8 Å². The number of phenols is 1. The Morgan fingerprint density at radius 2 is 1.85 bits per heavy atom. The number of carbonyl (C=O) groups is 1. The molecule has 1 N–H and O–H groups in total. The molecule has 0 spiro atoms. The van der Waals surface area contributed by atoms with E-state index in [-0.39, 0.29) is 23.0 Å². The summed E-state index contributed by atoms with van der Waals surface area (Å²) in [6, 6.07) is 5.40. The number of sulfone groups is 1. The Morgan fingerprint density at radius 1 is 1.25 bits per heavy atom. The standard InChI is InChI=1S/C14H18O5S/c1-11(2)14(16)19-9-3-4-10-20(17,18)13-7-5-12(15)6-8-13/h5-8,15H,1,3-4,9-10H2,2H3. The highest BCUT2D eigenvalue weighted by Crippen LogP contribution is 2.16. The molecule has 5 nitrogen and oxygen atoms in total. The van der Waals surface area contributed by atoms with E-state index in [0.717, 1.165) is 0 Å². The monoisotopic (exact) mass is 298 g/mol. The molecule has 6 heteroatoms. The summed E-state index contributed by atoms with van der Waals surface area (Å²) < 4.78 is 28.8. The van der Waals surface area contributed by atoms with Crippen molar-refractivity contribution in [1.82, 2.24) is 0 Å². The van der Waals surface area contributed by atoms with Crippen LogP contribution in [-0.2, 0) is 19.4 Å². The zero-order chi connectivity index (χ0) is 15.2. The molecule has 110 valence electrons. The zero-order valence-electron chi connectivity index (χ0n) is 11.3. The van der Waals surface area contributed by atoms with Gasteiger partial charge < -0.3 is 9.84 Å². The molecule has 0 atom stereocenters. The number of aromatic hydroxyl groups is 1. The number of hydrogen-bond acceptors (Lipinski definition) is 5. The molecule has 0 saturated heterocycles. The van der Waals surface area contributed by atoms with Gasteiger partial charge in [-0.05, 0) is 44.0 Å². The summed E-state index contributed by atoms with van der Waals surface area (Å²) in [7, 11) is -3.36. The molecule has 20 heavy (non-hydrogen) atoms. The maximum Gasteiger partial charge on any atom is 0.333 e. The maximum absolute atomic E-state index is 11.9. The molecule has 1 aromatic carbocycles. The largest absolute Gasteiger partial charge is 0.508 e. The molecule has 0 aliphatic heterocycles. The predicted molar refractivity (Wildman–Crippen MR) is 75.2 cm³/mol. The fourth-order valence-electron chi connectivity index (χ4n) is 1.45. The van der Waals surface area contributed by atoms with Gasteiger partial charge in [0.25, 0.3) is 0 Å². The van der Waals surface area contributed by atoms with Gasteiger partial charge in [0.1, 0.15) is 5.75 Å². The van der Waals surface area contributed by atoms with Crippen LogP contribution in [0.25, 0.3) is 0 Å². The number of esters is 1. The number of ether oxygens (including phenoxy) is 1. The minimum atomic E-state index is -3.36. The van der Waals surface area contributed by atoms with E-state index in [4.69, 9.17) is 9.84 Å². The summed E-state index contributed by atoms with van der Waals surface area (Å²) in [4.78, 5) is 11.3. The van der Waals surface area contributed by atoms with Gasteiger partial charge in [0.05, 0.1) is 17.3 Å². The van der Waals surface area contributed by atoms with E-state index in [1.807, 2.05) is 0 Å². The molecular formula is C14H18O5S. The van der Waals surface area contributed by atoms with Crippen molar-refractivity contribution in [3.05, 3.63) is 36.4 Å². The molecule has 1 aromatic rings. The van der Waals surface area contributed by atoms with Crippen molar-refractivity contribution in [2.45, 2.75) is 24.7 Å². The van der Waals surface area contributed by atoms with Crippen LogP contribution in [0.3, 0.4) is 0 Å². The highest BCUT2D eigenvalue weighted by atomic mass is 32.2. The smallest absolute Gasteiger partial charge is 0.333 e. The van der Waals surface area contributed by atoms with Crippen molar-refractivity contribution < 1.29 is 23.1 Å². The SMILES string of the molecule is C=C(C)C(=O)OCCCCS(=O)(=O)c1ccc(O)cc1. The third-order valence-corrected chi connectivity index (χ3v) is 4.40. The van der Waals surface area contributed by atoms with E-state index in [0.29, 0.717) is 18.4 Å². The number of rotatable bonds is 7. The first-order valence-corrected chi connectivity index (χ1v) is 7.82. The lowest BCUT2D eigenvalue weighted by atomic mass is 10.3.